The van der Waals surface area contributed by atoms with Crippen molar-refractivity contribution in [3.63, 3.8) is 0 Å². The summed E-state index contributed by atoms with van der Waals surface area (Å²) in [6.45, 7) is 11.1. The molecule has 2 rings (SSSR count). The van der Waals surface area contributed by atoms with Crippen LogP contribution in [0.25, 0.3) is 0 Å². The highest BCUT2D eigenvalue weighted by Crippen LogP contribution is 2.30. The van der Waals surface area contributed by atoms with Gasteiger partial charge in [0.05, 0.1) is 23.6 Å². The Hall–Kier alpha value is -3.51. The SMILES string of the molecule is C=CCNC1=C2C[C@@H](C)CC(OC)[C@H](O)[C@@H](C)C=C(C)[C@H](OC(N)=O)[C@@H](OC)C=CC=C(C)C(=O)NC(=CC1=O)C2O. The number of methoxy groups -OCH3 is 2. The lowest BCUT2D eigenvalue weighted by atomic mass is 9.84. The first-order valence-corrected chi connectivity index (χ1v) is 13.9. The molecule has 1 aliphatic heterocycles. The fraction of sp³-hybridized carbons (Fsp3) is 0.516. The molecule has 2 amide bonds. The summed E-state index contributed by atoms with van der Waals surface area (Å²) in [7, 11) is 2.95. The van der Waals surface area contributed by atoms with Crippen molar-refractivity contribution >= 4 is 17.8 Å². The summed E-state index contributed by atoms with van der Waals surface area (Å²) < 4.78 is 16.6. The zero-order valence-corrected chi connectivity index (χ0v) is 25.3. The van der Waals surface area contributed by atoms with Crippen LogP contribution in [-0.2, 0) is 23.8 Å². The molecule has 0 aromatic carbocycles. The summed E-state index contributed by atoms with van der Waals surface area (Å²) in [6, 6.07) is 0. The number of hydrogen-bond donors (Lipinski definition) is 5. The summed E-state index contributed by atoms with van der Waals surface area (Å²) in [6.07, 6.45) is 4.53. The minimum Gasteiger partial charge on any atom is -0.439 e. The third-order valence-electron chi connectivity index (χ3n) is 7.38. The second-order valence-electron chi connectivity index (χ2n) is 10.8. The fourth-order valence-corrected chi connectivity index (χ4v) is 5.11. The van der Waals surface area contributed by atoms with E-state index in [0.29, 0.717) is 24.1 Å². The van der Waals surface area contributed by atoms with Gasteiger partial charge in [-0.05, 0) is 43.8 Å². The number of fused-ring (bicyclic) bond motifs is 2. The van der Waals surface area contributed by atoms with Crippen molar-refractivity contribution in [3.8, 4) is 0 Å². The molecular weight excluding hydrogens is 542 g/mol. The van der Waals surface area contributed by atoms with Crippen LogP contribution in [0.5, 0.6) is 0 Å². The van der Waals surface area contributed by atoms with Crippen LogP contribution in [0.2, 0.25) is 0 Å². The van der Waals surface area contributed by atoms with E-state index in [9.17, 15) is 24.6 Å². The summed E-state index contributed by atoms with van der Waals surface area (Å²) in [4.78, 5) is 37.8. The number of aliphatic hydroxyl groups is 2. The molecule has 7 atom stereocenters. The molecule has 2 bridgehead atoms. The maximum absolute atomic E-state index is 13.1. The highest BCUT2D eigenvalue weighted by Gasteiger charge is 2.33. The van der Waals surface area contributed by atoms with Gasteiger partial charge in [-0.2, -0.15) is 0 Å². The van der Waals surface area contributed by atoms with E-state index >= 15 is 0 Å². The van der Waals surface area contributed by atoms with Gasteiger partial charge in [-0.1, -0.05) is 44.2 Å². The Morgan fingerprint density at radius 2 is 1.90 bits per heavy atom. The van der Waals surface area contributed by atoms with Crippen molar-refractivity contribution in [2.75, 3.05) is 20.8 Å². The van der Waals surface area contributed by atoms with Crippen LogP contribution >= 0.6 is 0 Å². The maximum atomic E-state index is 13.1. The molecule has 0 aromatic rings. The van der Waals surface area contributed by atoms with Gasteiger partial charge in [-0.15, -0.1) is 6.58 Å². The molecule has 42 heavy (non-hydrogen) atoms. The predicted molar refractivity (Wildman–Crippen MR) is 159 cm³/mol. The number of nitrogens with two attached hydrogens (primary N) is 1. The van der Waals surface area contributed by atoms with Gasteiger partial charge < -0.3 is 40.8 Å². The number of aliphatic hydroxyl groups excluding tert-OH is 2. The van der Waals surface area contributed by atoms with E-state index in [0.717, 1.165) is 0 Å². The number of carbonyl (C=O) groups excluding carboxylic acids is 3. The second kappa shape index (κ2) is 16.2. The van der Waals surface area contributed by atoms with Crippen molar-refractivity contribution in [3.05, 3.63) is 71.1 Å². The van der Waals surface area contributed by atoms with Crippen LogP contribution in [0.4, 0.5) is 4.79 Å². The average molecular weight is 588 g/mol. The Labute approximate surface area is 247 Å². The highest BCUT2D eigenvalue weighted by atomic mass is 16.6. The molecule has 0 spiro atoms. The second-order valence-corrected chi connectivity index (χ2v) is 10.8. The molecule has 6 N–H and O–H groups in total. The number of carbonyl (C=O) groups is 3. The summed E-state index contributed by atoms with van der Waals surface area (Å²) in [5.74, 6) is -1.47. The highest BCUT2D eigenvalue weighted by molar-refractivity contribution is 6.07. The first-order valence-electron chi connectivity index (χ1n) is 13.9. The molecule has 0 fully saturated rings. The quantitative estimate of drug-likeness (QED) is 0.293. The van der Waals surface area contributed by atoms with Gasteiger partial charge >= 0.3 is 6.09 Å². The molecule has 1 heterocycles. The van der Waals surface area contributed by atoms with Crippen molar-refractivity contribution in [2.45, 2.75) is 71.1 Å². The molecule has 232 valence electrons. The van der Waals surface area contributed by atoms with E-state index in [1.54, 1.807) is 38.2 Å². The van der Waals surface area contributed by atoms with Crippen molar-refractivity contribution in [1.82, 2.24) is 10.6 Å². The molecule has 0 radical (unpaired) electrons. The maximum Gasteiger partial charge on any atom is 0.405 e. The van der Waals surface area contributed by atoms with E-state index in [2.05, 4.69) is 17.2 Å². The van der Waals surface area contributed by atoms with Gasteiger partial charge in [0.25, 0.3) is 5.91 Å². The zero-order valence-electron chi connectivity index (χ0n) is 25.3. The van der Waals surface area contributed by atoms with Crippen LogP contribution < -0.4 is 16.4 Å². The number of rotatable bonds is 6. The van der Waals surface area contributed by atoms with E-state index in [-0.39, 0.29) is 35.1 Å². The summed E-state index contributed by atoms with van der Waals surface area (Å²) in [5, 5.41) is 28.2. The summed E-state index contributed by atoms with van der Waals surface area (Å²) >= 11 is 0. The van der Waals surface area contributed by atoms with E-state index in [1.165, 1.54) is 26.4 Å². The molecule has 0 saturated heterocycles. The summed E-state index contributed by atoms with van der Waals surface area (Å²) in [5.41, 5.74) is 6.97. The lowest BCUT2D eigenvalue weighted by Crippen LogP contribution is -2.39. The molecule has 0 saturated carbocycles. The Morgan fingerprint density at radius 3 is 2.50 bits per heavy atom. The van der Waals surface area contributed by atoms with Gasteiger partial charge in [0, 0.05) is 38.3 Å². The van der Waals surface area contributed by atoms with Crippen molar-refractivity contribution in [2.24, 2.45) is 17.6 Å². The molecule has 1 aliphatic carbocycles. The Morgan fingerprint density at radius 1 is 1.21 bits per heavy atom. The van der Waals surface area contributed by atoms with E-state index < -0.39 is 48.4 Å². The Bertz CT molecular complexity index is 1170. The smallest absolute Gasteiger partial charge is 0.405 e. The normalized spacial score (nSPS) is 30.1. The minimum atomic E-state index is -1.24. The Kier molecular flexibility index (Phi) is 13.4. The standard InChI is InChI=1S/C31H45N3O8/c1-8-12-33-26-21-13-17(2)14-25(41-7)27(36)19(4)15-20(5)29(42-31(32)39)24(40-6)11-9-10-18(3)30(38)34-22(28(21)37)16-23(26)35/h8-11,15-17,19,24-25,27-29,33,36-37H,1,12-14H2,2-7H3,(H2,32,39)(H,34,38)/t17-,19+,24+,25?,27-,28?,29+/m1/s1. The third-order valence-corrected chi connectivity index (χ3v) is 7.38. The molecule has 11 heteroatoms. The van der Waals surface area contributed by atoms with Crippen molar-refractivity contribution < 1.29 is 38.8 Å². The van der Waals surface area contributed by atoms with E-state index in [1.807, 2.05) is 13.8 Å². The molecule has 11 nitrogen and oxygen atoms in total. The number of hydrogen-bond acceptors (Lipinski definition) is 9. The molecule has 0 aromatic heterocycles. The number of primary amides is 1. The lowest BCUT2D eigenvalue weighted by Gasteiger charge is -2.31. The predicted octanol–water partition coefficient (Wildman–Crippen LogP) is 2.33. The van der Waals surface area contributed by atoms with Crippen LogP contribution in [0.1, 0.15) is 40.5 Å². The lowest BCUT2D eigenvalue weighted by molar-refractivity contribution is -0.117. The molecule has 2 aliphatic rings. The molecule has 2 unspecified atom stereocenters. The number of ether oxygens (including phenoxy) is 3. The average Bonchev–Trinajstić information content (AvgIpc) is 2.94. The zero-order chi connectivity index (χ0) is 31.6. The number of nitrogens with one attached hydrogen (secondary N) is 2. The number of allylic oxidation sites excluding steroid dienone is 3. The van der Waals surface area contributed by atoms with Crippen LogP contribution in [0.15, 0.2) is 71.1 Å². The van der Waals surface area contributed by atoms with Crippen LogP contribution in [-0.4, -0.2) is 79.3 Å². The van der Waals surface area contributed by atoms with Gasteiger partial charge in [0.15, 0.2) is 6.10 Å². The van der Waals surface area contributed by atoms with Gasteiger partial charge in [-0.25, -0.2) is 4.79 Å². The van der Waals surface area contributed by atoms with Crippen LogP contribution in [0.3, 0.4) is 0 Å². The molecular formula is C31H45N3O8. The monoisotopic (exact) mass is 587 g/mol. The van der Waals surface area contributed by atoms with Gasteiger partial charge in [-0.3, -0.25) is 9.59 Å². The first kappa shape index (κ1) is 34.7. The number of amides is 2. The van der Waals surface area contributed by atoms with Gasteiger partial charge in [0.2, 0.25) is 5.78 Å². The number of ketones is 1. The van der Waals surface area contributed by atoms with Gasteiger partial charge in [0.1, 0.15) is 12.2 Å². The van der Waals surface area contributed by atoms with Crippen LogP contribution in [0, 0.1) is 11.8 Å². The third kappa shape index (κ3) is 9.25. The van der Waals surface area contributed by atoms with Crippen molar-refractivity contribution in [1.29, 1.82) is 0 Å². The topological polar surface area (TPSA) is 169 Å². The minimum absolute atomic E-state index is 0.0625. The largest absolute Gasteiger partial charge is 0.439 e. The fourth-order valence-electron chi connectivity index (χ4n) is 5.11. The Balaban J connectivity index is 2.61. The first-order chi connectivity index (χ1) is 19.8. The van der Waals surface area contributed by atoms with E-state index in [4.69, 9.17) is 19.9 Å².